The third-order valence-electron chi connectivity index (χ3n) is 8.54. The normalized spacial score (nSPS) is 55.2. The van der Waals surface area contributed by atoms with Gasteiger partial charge in [0.05, 0.1) is 6.10 Å². The van der Waals surface area contributed by atoms with Crippen LogP contribution in [-0.4, -0.2) is 44.7 Å². The van der Waals surface area contributed by atoms with Crippen molar-refractivity contribution >= 4 is 23.5 Å². The van der Waals surface area contributed by atoms with Crippen molar-refractivity contribution in [3.05, 3.63) is 23.8 Å². The van der Waals surface area contributed by atoms with Gasteiger partial charge in [-0.25, -0.2) is 8.78 Å². The Labute approximate surface area is 168 Å². The molecular weight excluding hydrogens is 386 g/mol. The number of carbonyl (C=O) groups excluding carboxylic acids is 2. The number of aliphatic hydroxyl groups excluding tert-OH is 1. The Morgan fingerprint density at radius 2 is 1.93 bits per heavy atom. The van der Waals surface area contributed by atoms with Crippen LogP contribution in [0.2, 0.25) is 0 Å². The van der Waals surface area contributed by atoms with Crippen LogP contribution in [0.15, 0.2) is 23.8 Å². The third-order valence-corrected chi connectivity index (χ3v) is 8.88. The van der Waals surface area contributed by atoms with Gasteiger partial charge in [0.25, 0.3) is 0 Å². The number of ketones is 1. The molecule has 0 radical (unpaired) electrons. The quantitative estimate of drug-likeness (QED) is 0.579. The summed E-state index contributed by atoms with van der Waals surface area (Å²) in [5.74, 6) is -2.29. The molecule has 0 spiro atoms. The van der Waals surface area contributed by atoms with Gasteiger partial charge in [-0.05, 0) is 55.7 Å². The van der Waals surface area contributed by atoms with Crippen molar-refractivity contribution in [2.45, 2.75) is 63.6 Å². The van der Waals surface area contributed by atoms with Gasteiger partial charge in [0.2, 0.25) is 5.12 Å². The Bertz CT molecular complexity index is 827. The first-order chi connectivity index (χ1) is 12.8. The molecule has 4 aliphatic rings. The van der Waals surface area contributed by atoms with Crippen LogP contribution in [0.4, 0.5) is 8.78 Å². The van der Waals surface area contributed by atoms with Gasteiger partial charge in [0, 0.05) is 16.7 Å². The van der Waals surface area contributed by atoms with Crippen molar-refractivity contribution < 1.29 is 28.6 Å². The van der Waals surface area contributed by atoms with E-state index in [9.17, 15) is 19.8 Å². The molecule has 0 aromatic carbocycles. The Morgan fingerprint density at radius 3 is 2.54 bits per heavy atom. The maximum Gasteiger partial charge on any atom is 0.218 e. The average Bonchev–Trinajstić information content (AvgIpc) is 2.81. The topological polar surface area (TPSA) is 74.6 Å². The first kappa shape index (κ1) is 20.2. The summed E-state index contributed by atoms with van der Waals surface area (Å²) in [6.45, 7) is 4.92. The van der Waals surface area contributed by atoms with E-state index in [4.69, 9.17) is 0 Å². The SMILES string of the molecule is CC1CC2C3CC(F)C4=CC(=O)C=C[C@]4(C)[C@@]3(F)C(O)C[C@]2(C)[C@@]1(O)C(=O)S. The standard InChI is InChI=1S/C21H26F2O4S/c1-10-6-12-13-8-15(22)14-7-11(24)4-5-18(14,2)20(13,23)16(25)9-19(12,3)21(10,27)17(26)28/h4-5,7,10,12-13,15-16,25,27H,6,8-9H2,1-3H3,(H,26,28)/t10?,12?,13?,15?,16?,18-,19-,20-,21-/m0/s1. The van der Waals surface area contributed by atoms with Gasteiger partial charge in [-0.2, -0.15) is 0 Å². The summed E-state index contributed by atoms with van der Waals surface area (Å²) < 4.78 is 32.0. The Hall–Kier alpha value is -1.05. The Morgan fingerprint density at radius 1 is 1.29 bits per heavy atom. The largest absolute Gasteiger partial charge is 0.390 e. The van der Waals surface area contributed by atoms with E-state index in [0.717, 1.165) is 6.08 Å². The van der Waals surface area contributed by atoms with Crippen molar-refractivity contribution in [1.29, 1.82) is 0 Å². The summed E-state index contributed by atoms with van der Waals surface area (Å²) >= 11 is 3.90. The van der Waals surface area contributed by atoms with Gasteiger partial charge in [-0.3, -0.25) is 9.59 Å². The van der Waals surface area contributed by atoms with E-state index in [-0.39, 0.29) is 18.4 Å². The number of halogens is 2. The summed E-state index contributed by atoms with van der Waals surface area (Å²) in [6, 6.07) is 0. The summed E-state index contributed by atoms with van der Waals surface area (Å²) in [5.41, 5.74) is -6.53. The molecular formula is C21H26F2O4S. The maximum atomic E-state index is 16.8. The van der Waals surface area contributed by atoms with Crippen molar-refractivity contribution in [1.82, 2.24) is 0 Å². The molecule has 0 bridgehead atoms. The van der Waals surface area contributed by atoms with Crippen LogP contribution in [-0.2, 0) is 9.59 Å². The number of hydrogen-bond donors (Lipinski definition) is 3. The average molecular weight is 412 g/mol. The Kier molecular flexibility index (Phi) is 4.16. The first-order valence-electron chi connectivity index (χ1n) is 9.76. The number of carbonyl (C=O) groups is 2. The lowest BCUT2D eigenvalue weighted by molar-refractivity contribution is -0.221. The van der Waals surface area contributed by atoms with Crippen LogP contribution < -0.4 is 0 Å². The molecule has 28 heavy (non-hydrogen) atoms. The second kappa shape index (κ2) is 5.76. The second-order valence-corrected chi connectivity index (χ2v) is 9.97. The minimum atomic E-state index is -2.20. The van der Waals surface area contributed by atoms with Gasteiger partial charge in [0.15, 0.2) is 11.5 Å². The molecule has 0 amide bonds. The van der Waals surface area contributed by atoms with Gasteiger partial charge in [-0.15, -0.1) is 12.6 Å². The predicted molar refractivity (Wildman–Crippen MR) is 102 cm³/mol. The molecule has 0 aromatic rings. The van der Waals surface area contributed by atoms with E-state index in [0.29, 0.717) is 6.42 Å². The van der Waals surface area contributed by atoms with Gasteiger partial charge >= 0.3 is 0 Å². The van der Waals surface area contributed by atoms with E-state index in [1.165, 1.54) is 19.1 Å². The lowest BCUT2D eigenvalue weighted by atomic mass is 9.44. The first-order valence-corrected chi connectivity index (χ1v) is 10.2. The van der Waals surface area contributed by atoms with E-state index in [2.05, 4.69) is 12.6 Å². The zero-order valence-corrected chi connectivity index (χ0v) is 17.0. The summed E-state index contributed by atoms with van der Waals surface area (Å²) in [6.07, 6.45) is 0.703. The minimum absolute atomic E-state index is 0.0629. The van der Waals surface area contributed by atoms with Crippen molar-refractivity contribution in [3.63, 3.8) is 0 Å². The minimum Gasteiger partial charge on any atom is -0.390 e. The molecule has 2 N–H and O–H groups in total. The monoisotopic (exact) mass is 412 g/mol. The van der Waals surface area contributed by atoms with E-state index < -0.39 is 63.0 Å². The van der Waals surface area contributed by atoms with E-state index >= 15 is 8.78 Å². The van der Waals surface area contributed by atoms with Crippen molar-refractivity contribution in [2.75, 3.05) is 0 Å². The zero-order valence-electron chi connectivity index (χ0n) is 16.2. The molecule has 4 rings (SSSR count). The highest BCUT2D eigenvalue weighted by atomic mass is 32.1. The smallest absolute Gasteiger partial charge is 0.218 e. The molecule has 9 atom stereocenters. The lowest BCUT2D eigenvalue weighted by Crippen LogP contribution is -2.70. The second-order valence-electron chi connectivity index (χ2n) is 9.57. The highest BCUT2D eigenvalue weighted by molar-refractivity contribution is 7.96. The number of allylic oxidation sites excluding steroid dienone is 4. The lowest BCUT2D eigenvalue weighted by Gasteiger charge is -2.62. The molecule has 5 unspecified atom stereocenters. The molecule has 0 heterocycles. The van der Waals surface area contributed by atoms with Crippen LogP contribution in [0.1, 0.15) is 40.0 Å². The number of alkyl halides is 2. The van der Waals surface area contributed by atoms with Gasteiger partial charge in [-0.1, -0.05) is 19.9 Å². The number of hydrogen-bond acceptors (Lipinski definition) is 4. The fourth-order valence-electron chi connectivity index (χ4n) is 7.00. The molecule has 0 aromatic heterocycles. The highest BCUT2D eigenvalue weighted by Crippen LogP contribution is 2.71. The van der Waals surface area contributed by atoms with Crippen LogP contribution in [0.5, 0.6) is 0 Å². The number of thiol groups is 1. The van der Waals surface area contributed by atoms with Gasteiger partial charge in [0.1, 0.15) is 11.8 Å². The zero-order chi connectivity index (χ0) is 20.9. The van der Waals surface area contributed by atoms with Crippen molar-refractivity contribution in [3.8, 4) is 0 Å². The highest BCUT2D eigenvalue weighted by Gasteiger charge is 2.76. The van der Waals surface area contributed by atoms with Gasteiger partial charge < -0.3 is 10.2 Å². The van der Waals surface area contributed by atoms with Crippen molar-refractivity contribution in [2.24, 2.45) is 28.6 Å². The van der Waals surface area contributed by atoms with E-state index in [1.807, 2.05) is 0 Å². The maximum absolute atomic E-state index is 16.8. The van der Waals surface area contributed by atoms with Crippen LogP contribution in [0, 0.1) is 28.6 Å². The van der Waals surface area contributed by atoms with Crippen LogP contribution in [0.25, 0.3) is 0 Å². The molecule has 0 saturated heterocycles. The van der Waals surface area contributed by atoms with Crippen LogP contribution >= 0.6 is 12.6 Å². The predicted octanol–water partition coefficient (Wildman–Crippen LogP) is 2.74. The molecule has 154 valence electrons. The fraction of sp³-hybridized carbons (Fsp3) is 0.714. The number of fused-ring (bicyclic) bond motifs is 5. The molecule has 7 heteroatoms. The number of rotatable bonds is 1. The summed E-state index contributed by atoms with van der Waals surface area (Å²) in [7, 11) is 0. The molecule has 4 aliphatic carbocycles. The fourth-order valence-corrected chi connectivity index (χ4v) is 7.47. The summed E-state index contributed by atoms with van der Waals surface area (Å²) in [5, 5.41) is 21.6. The summed E-state index contributed by atoms with van der Waals surface area (Å²) in [4.78, 5) is 24.1. The molecule has 4 nitrogen and oxygen atoms in total. The molecule has 3 fully saturated rings. The molecule has 3 saturated carbocycles. The molecule has 0 aliphatic heterocycles. The third kappa shape index (κ3) is 2.03. The van der Waals surface area contributed by atoms with E-state index in [1.54, 1.807) is 13.8 Å². The Balaban J connectivity index is 1.88. The number of aliphatic hydroxyl groups is 2. The van der Waals surface area contributed by atoms with Crippen LogP contribution in [0.3, 0.4) is 0 Å².